The van der Waals surface area contributed by atoms with E-state index in [1.54, 1.807) is 0 Å². The fourth-order valence-corrected chi connectivity index (χ4v) is 2.63. The maximum Gasteiger partial charge on any atom is 0.234 e. The van der Waals surface area contributed by atoms with Crippen LogP contribution in [0, 0.1) is 0 Å². The molecule has 0 atom stereocenters. The molecule has 0 saturated carbocycles. The smallest absolute Gasteiger partial charge is 0.234 e. The Morgan fingerprint density at radius 1 is 1.32 bits per heavy atom. The van der Waals surface area contributed by atoms with Gasteiger partial charge in [-0.2, -0.15) is 0 Å². The molecular weight excluding hydrogens is 238 g/mol. The van der Waals surface area contributed by atoms with Crippen LogP contribution < -0.4 is 4.90 Å². The minimum Gasteiger partial charge on any atom is -0.340 e. The Morgan fingerprint density at radius 3 is 2.68 bits per heavy atom. The Kier molecular flexibility index (Phi) is 5.02. The molecule has 0 bridgehead atoms. The maximum absolute atomic E-state index is 5.54. The van der Waals surface area contributed by atoms with E-state index in [0.717, 1.165) is 51.3 Å². The van der Waals surface area contributed by atoms with Gasteiger partial charge in [0, 0.05) is 26.2 Å². The molecule has 1 aliphatic rings. The summed E-state index contributed by atoms with van der Waals surface area (Å²) in [5.74, 6) is 0.949. The topological polar surface area (TPSA) is 32.5 Å². The lowest BCUT2D eigenvalue weighted by atomic mass is 10.0. The van der Waals surface area contributed by atoms with Crippen molar-refractivity contribution in [3.05, 3.63) is 17.8 Å². The fraction of sp³-hybridized carbons (Fsp3) is 0.667. The van der Waals surface area contributed by atoms with Crippen molar-refractivity contribution in [1.29, 1.82) is 0 Å². The van der Waals surface area contributed by atoms with Crippen LogP contribution in [0.25, 0.3) is 5.57 Å². The molecule has 106 valence electrons. The first kappa shape index (κ1) is 14.1. The molecule has 4 heteroatoms. The number of hydrogen-bond donors (Lipinski definition) is 0. The van der Waals surface area contributed by atoms with E-state index in [-0.39, 0.29) is 0 Å². The SMILES string of the molecule is CCCN(CCC)c1oncc1C1=CCCN(C)C1. The van der Waals surface area contributed by atoms with Gasteiger partial charge >= 0.3 is 0 Å². The van der Waals surface area contributed by atoms with Crippen LogP contribution in [-0.4, -0.2) is 43.3 Å². The summed E-state index contributed by atoms with van der Waals surface area (Å²) < 4.78 is 5.54. The van der Waals surface area contributed by atoms with Gasteiger partial charge in [0.2, 0.25) is 5.88 Å². The molecule has 1 aromatic rings. The molecule has 19 heavy (non-hydrogen) atoms. The van der Waals surface area contributed by atoms with Crippen molar-refractivity contribution in [3.63, 3.8) is 0 Å². The van der Waals surface area contributed by atoms with Crippen LogP contribution in [0.2, 0.25) is 0 Å². The molecule has 0 N–H and O–H groups in total. The third-order valence-electron chi connectivity index (χ3n) is 3.51. The first-order valence-corrected chi connectivity index (χ1v) is 7.33. The van der Waals surface area contributed by atoms with Crippen molar-refractivity contribution >= 4 is 11.5 Å². The average Bonchev–Trinajstić information content (AvgIpc) is 2.87. The van der Waals surface area contributed by atoms with Crippen LogP contribution in [0.1, 0.15) is 38.7 Å². The summed E-state index contributed by atoms with van der Waals surface area (Å²) in [5.41, 5.74) is 2.52. The van der Waals surface area contributed by atoms with E-state index in [2.05, 4.69) is 41.9 Å². The van der Waals surface area contributed by atoms with Crippen LogP contribution in [0.3, 0.4) is 0 Å². The summed E-state index contributed by atoms with van der Waals surface area (Å²) in [7, 11) is 2.16. The zero-order chi connectivity index (χ0) is 13.7. The predicted molar refractivity (Wildman–Crippen MR) is 79.4 cm³/mol. The second-order valence-electron chi connectivity index (χ2n) is 5.29. The molecule has 0 saturated heterocycles. The van der Waals surface area contributed by atoms with Gasteiger partial charge in [0.1, 0.15) is 0 Å². The zero-order valence-corrected chi connectivity index (χ0v) is 12.4. The van der Waals surface area contributed by atoms with Crippen LogP contribution >= 0.6 is 0 Å². The second kappa shape index (κ2) is 6.75. The molecule has 0 unspecified atom stereocenters. The van der Waals surface area contributed by atoms with Crippen molar-refractivity contribution in [1.82, 2.24) is 10.1 Å². The summed E-state index contributed by atoms with van der Waals surface area (Å²) in [5, 5.41) is 4.03. The van der Waals surface area contributed by atoms with Gasteiger partial charge in [-0.05, 0) is 31.9 Å². The van der Waals surface area contributed by atoms with Gasteiger partial charge in [0.15, 0.2) is 0 Å². The summed E-state index contributed by atoms with van der Waals surface area (Å²) in [6, 6.07) is 0. The van der Waals surface area contributed by atoms with Crippen LogP contribution in [0.5, 0.6) is 0 Å². The van der Waals surface area contributed by atoms with E-state index in [4.69, 9.17) is 4.52 Å². The second-order valence-corrected chi connectivity index (χ2v) is 5.29. The first-order chi connectivity index (χ1) is 9.26. The maximum atomic E-state index is 5.54. The third-order valence-corrected chi connectivity index (χ3v) is 3.51. The Morgan fingerprint density at radius 2 is 2.05 bits per heavy atom. The molecule has 0 aromatic carbocycles. The molecule has 1 aromatic heterocycles. The standard InChI is InChI=1S/C15H25N3O/c1-4-8-18(9-5-2)15-14(11-16-19-15)13-7-6-10-17(3)12-13/h7,11H,4-6,8-10,12H2,1-3H3. The molecule has 0 aliphatic carbocycles. The normalized spacial score (nSPS) is 16.5. The molecular formula is C15H25N3O. The minimum absolute atomic E-state index is 0.949. The van der Waals surface area contributed by atoms with E-state index in [0.29, 0.717) is 0 Å². The van der Waals surface area contributed by atoms with Crippen LogP contribution in [0.4, 0.5) is 5.88 Å². The van der Waals surface area contributed by atoms with Crippen molar-refractivity contribution in [2.75, 3.05) is 38.1 Å². The Hall–Kier alpha value is -1.29. The first-order valence-electron chi connectivity index (χ1n) is 7.33. The fourth-order valence-electron chi connectivity index (χ4n) is 2.63. The molecule has 0 amide bonds. The minimum atomic E-state index is 0.949. The van der Waals surface area contributed by atoms with E-state index in [9.17, 15) is 0 Å². The van der Waals surface area contributed by atoms with Gasteiger partial charge < -0.3 is 14.3 Å². The number of hydrogen-bond acceptors (Lipinski definition) is 4. The van der Waals surface area contributed by atoms with Crippen LogP contribution in [-0.2, 0) is 0 Å². The lowest BCUT2D eigenvalue weighted by Gasteiger charge is -2.25. The summed E-state index contributed by atoms with van der Waals surface area (Å²) in [6.45, 7) is 8.58. The van der Waals surface area contributed by atoms with Crippen molar-refractivity contribution in [2.45, 2.75) is 33.1 Å². The van der Waals surface area contributed by atoms with E-state index in [1.165, 1.54) is 11.1 Å². The lowest BCUT2D eigenvalue weighted by molar-refractivity contribution is 0.372. The number of aromatic nitrogens is 1. The third kappa shape index (κ3) is 3.38. The van der Waals surface area contributed by atoms with Crippen molar-refractivity contribution in [2.24, 2.45) is 0 Å². The monoisotopic (exact) mass is 263 g/mol. The highest BCUT2D eigenvalue weighted by atomic mass is 16.5. The molecule has 4 nitrogen and oxygen atoms in total. The highest BCUT2D eigenvalue weighted by Gasteiger charge is 2.20. The number of rotatable bonds is 6. The zero-order valence-electron chi connectivity index (χ0n) is 12.4. The van der Waals surface area contributed by atoms with Gasteiger partial charge in [-0.15, -0.1) is 0 Å². The van der Waals surface area contributed by atoms with Crippen LogP contribution in [0.15, 0.2) is 16.8 Å². The largest absolute Gasteiger partial charge is 0.340 e. The highest BCUT2D eigenvalue weighted by Crippen LogP contribution is 2.29. The van der Waals surface area contributed by atoms with E-state index < -0.39 is 0 Å². The van der Waals surface area contributed by atoms with E-state index >= 15 is 0 Å². The van der Waals surface area contributed by atoms with Gasteiger partial charge in [-0.3, -0.25) is 0 Å². The Labute approximate surface area is 116 Å². The molecule has 0 fully saturated rings. The summed E-state index contributed by atoms with van der Waals surface area (Å²) in [6.07, 6.45) is 7.56. The van der Waals surface area contributed by atoms with Gasteiger partial charge in [-0.25, -0.2) is 0 Å². The average molecular weight is 263 g/mol. The quantitative estimate of drug-likeness (QED) is 0.790. The predicted octanol–water partition coefficient (Wildman–Crippen LogP) is 3.02. The molecule has 1 aliphatic heterocycles. The number of likely N-dealkylation sites (N-methyl/N-ethyl adjacent to an activating group) is 1. The van der Waals surface area contributed by atoms with Crippen molar-refractivity contribution in [3.8, 4) is 0 Å². The van der Waals surface area contributed by atoms with E-state index in [1.807, 2.05) is 6.20 Å². The Bertz CT molecular complexity index is 419. The molecule has 2 rings (SSSR count). The summed E-state index contributed by atoms with van der Waals surface area (Å²) >= 11 is 0. The molecule has 0 radical (unpaired) electrons. The van der Waals surface area contributed by atoms with Gasteiger partial charge in [0.05, 0.1) is 11.8 Å². The lowest BCUT2D eigenvalue weighted by Crippen LogP contribution is -2.27. The van der Waals surface area contributed by atoms with Crippen molar-refractivity contribution < 1.29 is 4.52 Å². The van der Waals surface area contributed by atoms with Gasteiger partial charge in [0.25, 0.3) is 0 Å². The van der Waals surface area contributed by atoms with Gasteiger partial charge in [-0.1, -0.05) is 25.1 Å². The molecule has 2 heterocycles. The molecule has 0 spiro atoms. The summed E-state index contributed by atoms with van der Waals surface area (Å²) in [4.78, 5) is 4.66. The number of anilines is 1. The highest BCUT2D eigenvalue weighted by molar-refractivity contribution is 5.74. The Balaban J connectivity index is 2.22. The number of nitrogens with zero attached hydrogens (tertiary/aromatic N) is 3.